The van der Waals surface area contributed by atoms with E-state index in [1.165, 1.54) is 22.2 Å². The number of thiophene rings is 1. The molecule has 1 aliphatic carbocycles. The molecule has 0 fully saturated rings. The van der Waals surface area contributed by atoms with E-state index in [0.29, 0.717) is 27.4 Å². The van der Waals surface area contributed by atoms with E-state index in [1.807, 2.05) is 6.92 Å². The lowest BCUT2D eigenvalue weighted by Crippen LogP contribution is -2.24. The summed E-state index contributed by atoms with van der Waals surface area (Å²) in [5.41, 5.74) is 1.72. The minimum absolute atomic E-state index is 0.00133. The predicted molar refractivity (Wildman–Crippen MR) is 122 cm³/mol. The highest BCUT2D eigenvalue weighted by atomic mass is 35.5. The number of fused-ring (bicyclic) bond motifs is 3. The Morgan fingerprint density at radius 2 is 1.97 bits per heavy atom. The van der Waals surface area contributed by atoms with Gasteiger partial charge in [0.15, 0.2) is 5.16 Å². The van der Waals surface area contributed by atoms with Crippen LogP contribution in [0.4, 0.5) is 5.69 Å². The number of anilines is 1. The lowest BCUT2D eigenvalue weighted by molar-refractivity contribution is -0.113. The van der Waals surface area contributed by atoms with Crippen molar-refractivity contribution in [3.8, 4) is 0 Å². The number of aromatic nitrogens is 2. The third-order valence-corrected chi connectivity index (χ3v) is 7.43. The maximum atomic E-state index is 13.1. The van der Waals surface area contributed by atoms with Gasteiger partial charge in [-0.3, -0.25) is 14.2 Å². The van der Waals surface area contributed by atoms with Crippen LogP contribution in [-0.4, -0.2) is 21.2 Å². The van der Waals surface area contributed by atoms with Crippen molar-refractivity contribution in [2.45, 2.75) is 44.3 Å². The zero-order chi connectivity index (χ0) is 20.5. The SMILES string of the molecule is CCn1c(SCC(=O)Nc2cc(Cl)cc(Cl)c2)nc2sc3c(c2c1=O)CCCC3. The van der Waals surface area contributed by atoms with Gasteiger partial charge in [0, 0.05) is 27.2 Å². The molecule has 1 amide bonds. The summed E-state index contributed by atoms with van der Waals surface area (Å²) in [6.07, 6.45) is 4.26. The van der Waals surface area contributed by atoms with Gasteiger partial charge in [-0.2, -0.15) is 0 Å². The first kappa shape index (κ1) is 20.7. The van der Waals surface area contributed by atoms with Gasteiger partial charge in [-0.25, -0.2) is 4.98 Å². The summed E-state index contributed by atoms with van der Waals surface area (Å²) in [5.74, 6) is -0.0801. The number of thioether (sulfide) groups is 1. The standard InChI is InChI=1S/C20H19Cl2N3O2S2/c1-2-25-19(27)17-14-5-3-4-6-15(14)29-18(17)24-20(25)28-10-16(26)23-13-8-11(21)7-12(22)9-13/h7-9H,2-6,10H2,1H3,(H,23,26). The summed E-state index contributed by atoms with van der Waals surface area (Å²) in [6, 6.07) is 4.88. The largest absolute Gasteiger partial charge is 0.325 e. The minimum atomic E-state index is -0.212. The first-order valence-corrected chi connectivity index (χ1v) is 12.0. The summed E-state index contributed by atoms with van der Waals surface area (Å²) in [5, 5.41) is 5.03. The van der Waals surface area contributed by atoms with Crippen molar-refractivity contribution < 1.29 is 4.79 Å². The van der Waals surface area contributed by atoms with Gasteiger partial charge in [0.25, 0.3) is 5.56 Å². The minimum Gasteiger partial charge on any atom is -0.325 e. The van der Waals surface area contributed by atoms with Crippen molar-refractivity contribution in [2.75, 3.05) is 11.1 Å². The van der Waals surface area contributed by atoms with Crippen molar-refractivity contribution in [3.05, 3.63) is 49.0 Å². The average molecular weight is 468 g/mol. The van der Waals surface area contributed by atoms with Crippen LogP contribution in [0.25, 0.3) is 10.2 Å². The molecule has 0 atom stereocenters. The monoisotopic (exact) mass is 467 g/mol. The Bertz CT molecular complexity index is 1140. The average Bonchev–Trinajstić information content (AvgIpc) is 3.04. The molecule has 0 saturated heterocycles. The number of rotatable bonds is 5. The quantitative estimate of drug-likeness (QED) is 0.403. The van der Waals surface area contributed by atoms with Crippen LogP contribution in [0.1, 0.15) is 30.2 Å². The topological polar surface area (TPSA) is 64.0 Å². The fourth-order valence-corrected chi connectivity index (χ4v) is 6.25. The highest BCUT2D eigenvalue weighted by molar-refractivity contribution is 7.99. The second kappa shape index (κ2) is 8.68. The molecule has 3 aromatic rings. The van der Waals surface area contributed by atoms with Gasteiger partial charge < -0.3 is 5.32 Å². The summed E-state index contributed by atoms with van der Waals surface area (Å²) >= 11 is 14.8. The van der Waals surface area contributed by atoms with Gasteiger partial charge in [-0.1, -0.05) is 35.0 Å². The molecule has 2 aromatic heterocycles. The molecule has 0 radical (unpaired) electrons. The third-order valence-electron chi connectivity index (χ3n) is 4.83. The number of hydrogen-bond acceptors (Lipinski definition) is 5. The van der Waals surface area contributed by atoms with Crippen LogP contribution in [0.5, 0.6) is 0 Å². The van der Waals surface area contributed by atoms with Gasteiger partial charge in [-0.15, -0.1) is 11.3 Å². The van der Waals surface area contributed by atoms with E-state index in [9.17, 15) is 9.59 Å². The molecule has 5 nitrogen and oxygen atoms in total. The molecule has 9 heteroatoms. The fraction of sp³-hybridized carbons (Fsp3) is 0.350. The highest BCUT2D eigenvalue weighted by Gasteiger charge is 2.22. The van der Waals surface area contributed by atoms with Gasteiger partial charge in [0.1, 0.15) is 4.83 Å². The van der Waals surface area contributed by atoms with Crippen LogP contribution in [0.3, 0.4) is 0 Å². The van der Waals surface area contributed by atoms with Crippen LogP contribution in [0, 0.1) is 0 Å². The van der Waals surface area contributed by atoms with Crippen LogP contribution < -0.4 is 10.9 Å². The molecule has 4 rings (SSSR count). The summed E-state index contributed by atoms with van der Waals surface area (Å²) in [6.45, 7) is 2.44. The Morgan fingerprint density at radius 3 is 2.69 bits per heavy atom. The van der Waals surface area contributed by atoms with Gasteiger partial charge in [0.2, 0.25) is 5.91 Å². The van der Waals surface area contributed by atoms with E-state index in [2.05, 4.69) is 5.32 Å². The number of amides is 1. The fourth-order valence-electron chi connectivity index (χ4n) is 3.56. The molecule has 0 bridgehead atoms. The second-order valence-corrected chi connectivity index (χ2v) is 9.73. The molecule has 0 unspecified atom stereocenters. The molecule has 0 saturated carbocycles. The highest BCUT2D eigenvalue weighted by Crippen LogP contribution is 2.34. The van der Waals surface area contributed by atoms with Crippen LogP contribution in [-0.2, 0) is 24.2 Å². The molecule has 1 aliphatic rings. The van der Waals surface area contributed by atoms with E-state index in [-0.39, 0.29) is 17.2 Å². The number of carbonyl (C=O) groups excluding carboxylic acids is 1. The Kier molecular flexibility index (Phi) is 6.20. The molecular formula is C20H19Cl2N3O2S2. The number of nitrogens with zero attached hydrogens (tertiary/aromatic N) is 2. The number of benzene rings is 1. The lowest BCUT2D eigenvalue weighted by atomic mass is 9.97. The van der Waals surface area contributed by atoms with Crippen LogP contribution in [0.15, 0.2) is 28.2 Å². The number of hydrogen-bond donors (Lipinski definition) is 1. The molecule has 29 heavy (non-hydrogen) atoms. The molecule has 0 spiro atoms. The predicted octanol–water partition coefficient (Wildman–Crippen LogP) is 5.39. The third kappa shape index (κ3) is 4.33. The molecular weight excluding hydrogens is 449 g/mol. The Labute approximate surface area is 186 Å². The normalized spacial score (nSPS) is 13.5. The number of aryl methyl sites for hydroxylation is 2. The molecule has 1 N–H and O–H groups in total. The van der Waals surface area contributed by atoms with E-state index in [0.717, 1.165) is 35.9 Å². The number of nitrogens with one attached hydrogen (secondary N) is 1. The van der Waals surface area contributed by atoms with Gasteiger partial charge in [0.05, 0.1) is 11.1 Å². The first-order chi connectivity index (χ1) is 14.0. The first-order valence-electron chi connectivity index (χ1n) is 9.40. The maximum absolute atomic E-state index is 13.1. The summed E-state index contributed by atoms with van der Waals surface area (Å²) in [7, 11) is 0. The Hall–Kier alpha value is -1.54. The Balaban J connectivity index is 1.57. The molecule has 152 valence electrons. The van der Waals surface area contributed by atoms with Crippen LogP contribution >= 0.6 is 46.3 Å². The smallest absolute Gasteiger partial charge is 0.263 e. The van der Waals surface area contributed by atoms with Crippen molar-refractivity contribution in [3.63, 3.8) is 0 Å². The Morgan fingerprint density at radius 1 is 1.24 bits per heavy atom. The van der Waals surface area contributed by atoms with Crippen LogP contribution in [0.2, 0.25) is 10.0 Å². The molecule has 1 aromatic carbocycles. The second-order valence-electron chi connectivity index (χ2n) is 6.83. The summed E-state index contributed by atoms with van der Waals surface area (Å²) < 4.78 is 1.66. The molecule has 0 aliphatic heterocycles. The van der Waals surface area contributed by atoms with Crippen molar-refractivity contribution >= 4 is 68.1 Å². The van der Waals surface area contributed by atoms with E-state index < -0.39 is 0 Å². The lowest BCUT2D eigenvalue weighted by Gasteiger charge is -2.12. The van der Waals surface area contributed by atoms with Crippen molar-refractivity contribution in [2.24, 2.45) is 0 Å². The summed E-state index contributed by atoms with van der Waals surface area (Å²) in [4.78, 5) is 32.3. The van der Waals surface area contributed by atoms with E-state index in [1.54, 1.807) is 34.1 Å². The van der Waals surface area contributed by atoms with Gasteiger partial charge in [-0.05, 0) is 56.4 Å². The molecule has 2 heterocycles. The van der Waals surface area contributed by atoms with E-state index in [4.69, 9.17) is 28.2 Å². The van der Waals surface area contributed by atoms with E-state index >= 15 is 0 Å². The maximum Gasteiger partial charge on any atom is 0.263 e. The number of halogens is 2. The van der Waals surface area contributed by atoms with Crippen molar-refractivity contribution in [1.29, 1.82) is 0 Å². The van der Waals surface area contributed by atoms with Gasteiger partial charge >= 0.3 is 0 Å². The zero-order valence-electron chi connectivity index (χ0n) is 15.8. The van der Waals surface area contributed by atoms with Crippen molar-refractivity contribution in [1.82, 2.24) is 9.55 Å². The zero-order valence-corrected chi connectivity index (χ0v) is 18.9. The number of carbonyl (C=O) groups is 1.